The summed E-state index contributed by atoms with van der Waals surface area (Å²) in [6, 6.07) is 8.38. The van der Waals surface area contributed by atoms with E-state index >= 15 is 0 Å². The highest BCUT2D eigenvalue weighted by Gasteiger charge is 2.14. The molecule has 0 bridgehead atoms. The Kier molecular flexibility index (Phi) is 3.54. The average molecular weight is 273 g/mol. The van der Waals surface area contributed by atoms with Gasteiger partial charge in [0.2, 0.25) is 5.01 Å². The molecule has 2 N–H and O–H groups in total. The summed E-state index contributed by atoms with van der Waals surface area (Å²) in [5.74, 6) is -1.63. The van der Waals surface area contributed by atoms with Crippen LogP contribution in [0.25, 0.3) is 0 Å². The summed E-state index contributed by atoms with van der Waals surface area (Å²) in [6.07, 6.45) is 1.21. The van der Waals surface area contributed by atoms with Gasteiger partial charge in [0.1, 0.15) is 4.88 Å². The van der Waals surface area contributed by atoms with Crippen LogP contribution in [0.5, 0.6) is 0 Å². The third kappa shape index (κ3) is 2.94. The second-order valence-corrected chi connectivity index (χ2v) is 4.51. The second-order valence-electron chi connectivity index (χ2n) is 3.48. The SMILES string of the molecule is N#Cc1cccc(NC(=O)c2cnc(C(=O)O)s2)c1. The van der Waals surface area contributed by atoms with E-state index in [1.165, 1.54) is 12.3 Å². The van der Waals surface area contributed by atoms with Crippen LogP contribution in [0.4, 0.5) is 5.69 Å². The van der Waals surface area contributed by atoms with E-state index in [1.807, 2.05) is 6.07 Å². The molecule has 0 radical (unpaired) electrons. The Hall–Kier alpha value is -2.72. The number of nitrogens with one attached hydrogen (secondary N) is 1. The Morgan fingerprint density at radius 1 is 1.42 bits per heavy atom. The van der Waals surface area contributed by atoms with E-state index in [2.05, 4.69) is 10.3 Å². The van der Waals surface area contributed by atoms with Gasteiger partial charge in [-0.3, -0.25) is 4.79 Å². The molecule has 0 aliphatic heterocycles. The average Bonchev–Trinajstić information content (AvgIpc) is 2.89. The number of carbonyl (C=O) groups is 2. The van der Waals surface area contributed by atoms with Gasteiger partial charge in [0.25, 0.3) is 5.91 Å². The van der Waals surface area contributed by atoms with Gasteiger partial charge in [-0.15, -0.1) is 11.3 Å². The third-order valence-electron chi connectivity index (χ3n) is 2.16. The number of aromatic carboxylic acids is 1. The second kappa shape index (κ2) is 5.29. The van der Waals surface area contributed by atoms with E-state index in [9.17, 15) is 9.59 Å². The number of anilines is 1. The van der Waals surface area contributed by atoms with Crippen molar-refractivity contribution < 1.29 is 14.7 Å². The lowest BCUT2D eigenvalue weighted by atomic mass is 10.2. The normalized spacial score (nSPS) is 9.63. The number of aromatic nitrogens is 1. The van der Waals surface area contributed by atoms with E-state index in [-0.39, 0.29) is 9.88 Å². The maximum Gasteiger partial charge on any atom is 0.365 e. The van der Waals surface area contributed by atoms with Gasteiger partial charge in [-0.2, -0.15) is 5.26 Å². The number of thiazole rings is 1. The standard InChI is InChI=1S/C12H7N3O3S/c13-5-7-2-1-3-8(4-7)15-10(16)9-6-14-11(19-9)12(17)18/h1-4,6H,(H,15,16)(H,17,18). The van der Waals surface area contributed by atoms with Gasteiger partial charge >= 0.3 is 5.97 Å². The van der Waals surface area contributed by atoms with Gasteiger partial charge in [-0.25, -0.2) is 9.78 Å². The van der Waals surface area contributed by atoms with Gasteiger partial charge in [0.05, 0.1) is 17.8 Å². The van der Waals surface area contributed by atoms with Crippen LogP contribution in [-0.2, 0) is 0 Å². The molecule has 6 nitrogen and oxygen atoms in total. The number of hydrogen-bond donors (Lipinski definition) is 2. The Morgan fingerprint density at radius 2 is 2.21 bits per heavy atom. The highest BCUT2D eigenvalue weighted by Crippen LogP contribution is 2.16. The fraction of sp³-hybridized carbons (Fsp3) is 0. The molecule has 2 rings (SSSR count). The molecule has 7 heteroatoms. The Morgan fingerprint density at radius 3 is 2.84 bits per heavy atom. The molecule has 1 amide bonds. The lowest BCUT2D eigenvalue weighted by molar-refractivity contribution is 0.0696. The monoisotopic (exact) mass is 273 g/mol. The van der Waals surface area contributed by atoms with Gasteiger partial charge in [0, 0.05) is 5.69 Å². The van der Waals surface area contributed by atoms with Crippen LogP contribution in [0.1, 0.15) is 25.0 Å². The van der Waals surface area contributed by atoms with E-state index in [4.69, 9.17) is 10.4 Å². The number of nitrogens with zero attached hydrogens (tertiary/aromatic N) is 2. The maximum absolute atomic E-state index is 11.8. The molecule has 2 aromatic rings. The summed E-state index contributed by atoms with van der Waals surface area (Å²) < 4.78 is 0. The van der Waals surface area contributed by atoms with Gasteiger partial charge in [-0.05, 0) is 18.2 Å². The van der Waals surface area contributed by atoms with Crippen molar-refractivity contribution in [2.75, 3.05) is 5.32 Å². The minimum atomic E-state index is -1.17. The summed E-state index contributed by atoms with van der Waals surface area (Å²) >= 11 is 0.791. The fourth-order valence-electron chi connectivity index (χ4n) is 1.34. The van der Waals surface area contributed by atoms with Crippen molar-refractivity contribution in [3.63, 3.8) is 0 Å². The van der Waals surface area contributed by atoms with Crippen molar-refractivity contribution in [3.05, 3.63) is 45.9 Å². The summed E-state index contributed by atoms with van der Waals surface area (Å²) in [5.41, 5.74) is 0.891. The predicted molar refractivity (Wildman–Crippen MR) is 68.2 cm³/mol. The highest BCUT2D eigenvalue weighted by atomic mass is 32.1. The molecule has 1 aromatic heterocycles. The smallest absolute Gasteiger partial charge is 0.365 e. The number of carbonyl (C=O) groups excluding carboxylic acids is 1. The van der Waals surface area contributed by atoms with Crippen LogP contribution >= 0.6 is 11.3 Å². The molecule has 0 fully saturated rings. The Bertz CT molecular complexity index is 688. The number of benzene rings is 1. The van der Waals surface area contributed by atoms with Crippen molar-refractivity contribution >= 4 is 28.9 Å². The molecule has 0 unspecified atom stereocenters. The van der Waals surface area contributed by atoms with Gasteiger partial charge in [-0.1, -0.05) is 6.07 Å². The Balaban J connectivity index is 2.16. The molecule has 0 saturated heterocycles. The predicted octanol–water partition coefficient (Wildman–Crippen LogP) is 1.97. The molecule has 1 heterocycles. The first-order valence-electron chi connectivity index (χ1n) is 5.11. The van der Waals surface area contributed by atoms with E-state index in [0.717, 1.165) is 11.3 Å². The summed E-state index contributed by atoms with van der Waals surface area (Å²) in [7, 11) is 0. The molecule has 0 saturated carbocycles. The number of amides is 1. The van der Waals surface area contributed by atoms with Crippen molar-refractivity contribution in [1.29, 1.82) is 5.26 Å². The van der Waals surface area contributed by atoms with Crippen molar-refractivity contribution in [3.8, 4) is 6.07 Å². The van der Waals surface area contributed by atoms with Crippen LogP contribution in [0.2, 0.25) is 0 Å². The molecule has 19 heavy (non-hydrogen) atoms. The fourth-order valence-corrected chi connectivity index (χ4v) is 1.99. The summed E-state index contributed by atoms with van der Waals surface area (Å²) in [5, 5.41) is 19.9. The first kappa shape index (κ1) is 12.7. The van der Waals surface area contributed by atoms with E-state index in [1.54, 1.807) is 18.2 Å². The molecular weight excluding hydrogens is 266 g/mol. The minimum absolute atomic E-state index is 0.143. The van der Waals surface area contributed by atoms with E-state index < -0.39 is 11.9 Å². The molecule has 0 spiro atoms. The zero-order valence-electron chi connectivity index (χ0n) is 9.45. The van der Waals surface area contributed by atoms with Gasteiger partial charge < -0.3 is 10.4 Å². The van der Waals surface area contributed by atoms with Crippen LogP contribution in [0.3, 0.4) is 0 Å². The van der Waals surface area contributed by atoms with Crippen molar-refractivity contribution in [1.82, 2.24) is 4.98 Å². The molecule has 0 aliphatic rings. The van der Waals surface area contributed by atoms with Gasteiger partial charge in [0.15, 0.2) is 0 Å². The highest BCUT2D eigenvalue weighted by molar-refractivity contribution is 7.15. The molecule has 94 valence electrons. The van der Waals surface area contributed by atoms with Crippen molar-refractivity contribution in [2.45, 2.75) is 0 Å². The topological polar surface area (TPSA) is 103 Å². The zero-order valence-corrected chi connectivity index (χ0v) is 10.3. The maximum atomic E-state index is 11.8. The molecular formula is C12H7N3O3S. The van der Waals surface area contributed by atoms with Crippen LogP contribution in [0, 0.1) is 11.3 Å². The lowest BCUT2D eigenvalue weighted by Gasteiger charge is -2.02. The van der Waals surface area contributed by atoms with Crippen LogP contribution in [0.15, 0.2) is 30.5 Å². The molecule has 0 aliphatic carbocycles. The van der Waals surface area contributed by atoms with Crippen LogP contribution < -0.4 is 5.32 Å². The van der Waals surface area contributed by atoms with E-state index in [0.29, 0.717) is 11.3 Å². The third-order valence-corrected chi connectivity index (χ3v) is 3.15. The number of nitriles is 1. The quantitative estimate of drug-likeness (QED) is 0.889. The summed E-state index contributed by atoms with van der Waals surface area (Å²) in [6.45, 7) is 0. The minimum Gasteiger partial charge on any atom is -0.476 e. The number of rotatable bonds is 3. The van der Waals surface area contributed by atoms with Crippen LogP contribution in [-0.4, -0.2) is 22.0 Å². The van der Waals surface area contributed by atoms with Crippen molar-refractivity contribution in [2.24, 2.45) is 0 Å². The number of hydrogen-bond acceptors (Lipinski definition) is 5. The summed E-state index contributed by atoms with van der Waals surface area (Å²) in [4.78, 5) is 26.3. The first-order valence-corrected chi connectivity index (χ1v) is 5.92. The lowest BCUT2D eigenvalue weighted by Crippen LogP contribution is -2.10. The Labute approximate surface area is 112 Å². The first-order chi connectivity index (χ1) is 9.10. The molecule has 1 aromatic carbocycles. The zero-order chi connectivity index (χ0) is 13.8. The molecule has 0 atom stereocenters. The number of carboxylic acid groups (broad SMARTS) is 1. The number of carboxylic acids is 1. The largest absolute Gasteiger partial charge is 0.476 e.